The Morgan fingerprint density at radius 3 is 2.92 bits per heavy atom. The van der Waals surface area contributed by atoms with E-state index in [1.54, 1.807) is 0 Å². The van der Waals surface area contributed by atoms with E-state index in [9.17, 15) is 9.90 Å². The van der Waals surface area contributed by atoms with E-state index in [4.69, 9.17) is 14.5 Å². The largest absolute Gasteiger partial charge is 0.480 e. The van der Waals surface area contributed by atoms with E-state index < -0.39 is 12.0 Å². The first-order chi connectivity index (χ1) is 18.4. The van der Waals surface area contributed by atoms with Crippen LogP contribution in [0.25, 0.3) is 0 Å². The number of hydrogen-bond donors (Lipinski definition) is 2. The molecule has 5 rings (SSSR count). The maximum atomic E-state index is 12.5. The van der Waals surface area contributed by atoms with Gasteiger partial charge in [-0.2, -0.15) is 0 Å². The number of carbonyl (C=O) groups is 1. The molecule has 2 fully saturated rings. The maximum Gasteiger partial charge on any atom is 0.325 e. The molecule has 0 spiro atoms. The van der Waals surface area contributed by atoms with Crippen molar-refractivity contribution in [2.24, 2.45) is 0 Å². The summed E-state index contributed by atoms with van der Waals surface area (Å²) in [6.07, 6.45) is 9.10. The second-order valence-corrected chi connectivity index (χ2v) is 11.7. The molecule has 1 aromatic heterocycles. The maximum absolute atomic E-state index is 12.5. The van der Waals surface area contributed by atoms with Crippen molar-refractivity contribution in [3.8, 4) is 0 Å². The molecule has 2 saturated heterocycles. The van der Waals surface area contributed by atoms with Gasteiger partial charge in [0, 0.05) is 31.9 Å². The molecule has 0 radical (unpaired) electrons. The number of benzene rings is 1. The Bertz CT molecular complexity index is 1100. The fourth-order valence-electron chi connectivity index (χ4n) is 6.27. The molecule has 3 aliphatic rings. The number of fused-ring (bicyclic) bond motifs is 1. The van der Waals surface area contributed by atoms with Gasteiger partial charge in [0.05, 0.1) is 29.2 Å². The number of nitrogens with one attached hydrogen (secondary N) is 1. The SMILES string of the molecule is CC1(C)CCCC(c2ccccc2C(C(=O)O)N2CC[C@@H](OCCCCc3ccc4c(n3)CCCN4)C2)O1. The van der Waals surface area contributed by atoms with Crippen LogP contribution in [0.3, 0.4) is 0 Å². The van der Waals surface area contributed by atoms with Crippen molar-refractivity contribution in [2.75, 3.05) is 31.6 Å². The number of nitrogens with zero attached hydrogens (tertiary/aromatic N) is 2. The van der Waals surface area contributed by atoms with Gasteiger partial charge in [0.25, 0.3) is 0 Å². The quantitative estimate of drug-likeness (QED) is 0.388. The van der Waals surface area contributed by atoms with Gasteiger partial charge in [-0.1, -0.05) is 24.3 Å². The Morgan fingerprint density at radius 1 is 1.21 bits per heavy atom. The van der Waals surface area contributed by atoms with Gasteiger partial charge in [-0.15, -0.1) is 0 Å². The number of hydrogen-bond acceptors (Lipinski definition) is 6. The molecule has 0 aliphatic carbocycles. The zero-order valence-electron chi connectivity index (χ0n) is 23.0. The number of aromatic nitrogens is 1. The summed E-state index contributed by atoms with van der Waals surface area (Å²) in [7, 11) is 0. The predicted octanol–water partition coefficient (Wildman–Crippen LogP) is 5.70. The Morgan fingerprint density at radius 2 is 2.08 bits per heavy atom. The number of pyridine rings is 1. The smallest absolute Gasteiger partial charge is 0.325 e. The Labute approximate surface area is 226 Å². The van der Waals surface area contributed by atoms with Crippen molar-refractivity contribution >= 4 is 11.7 Å². The predicted molar refractivity (Wildman–Crippen MR) is 148 cm³/mol. The number of likely N-dealkylation sites (tertiary alicyclic amines) is 1. The molecule has 2 N–H and O–H groups in total. The molecule has 0 saturated carbocycles. The molecule has 1 aromatic carbocycles. The molecular weight excluding hydrogens is 478 g/mol. The van der Waals surface area contributed by atoms with E-state index in [2.05, 4.69) is 42.3 Å². The highest BCUT2D eigenvalue weighted by molar-refractivity contribution is 5.76. The molecule has 2 unspecified atom stereocenters. The first kappa shape index (κ1) is 27.1. The van der Waals surface area contributed by atoms with Crippen LogP contribution in [0, 0.1) is 0 Å². The summed E-state index contributed by atoms with van der Waals surface area (Å²) in [5.74, 6) is -0.805. The number of aliphatic carboxylic acids is 1. The standard InChI is InChI=1S/C31H43N3O4/c1-31(2)17-7-13-28(38-31)24-10-3-4-11-25(24)29(30(35)36)34-19-16-23(21-34)37-20-6-5-9-22-14-15-26-27(33-22)12-8-18-32-26/h3-4,10-11,14-15,23,28-29,32H,5-9,12-13,16-21H2,1-2H3,(H,35,36)/t23-,28?,29?/m1/s1. The number of carboxylic acid groups (broad SMARTS) is 1. The van der Waals surface area contributed by atoms with Crippen LogP contribution in [0.2, 0.25) is 0 Å². The average Bonchev–Trinajstić information content (AvgIpc) is 3.36. The summed E-state index contributed by atoms with van der Waals surface area (Å²) < 4.78 is 12.6. The first-order valence-corrected chi connectivity index (χ1v) is 14.5. The normalized spacial score (nSPS) is 23.9. The second kappa shape index (κ2) is 12.1. The van der Waals surface area contributed by atoms with Gasteiger partial charge in [-0.3, -0.25) is 14.7 Å². The lowest BCUT2D eigenvalue weighted by molar-refractivity contribution is -0.143. The minimum absolute atomic E-state index is 0.0627. The van der Waals surface area contributed by atoms with Gasteiger partial charge >= 0.3 is 5.97 Å². The van der Waals surface area contributed by atoms with Crippen LogP contribution in [-0.2, 0) is 27.1 Å². The van der Waals surface area contributed by atoms with Crippen LogP contribution in [0.4, 0.5) is 5.69 Å². The zero-order valence-corrected chi connectivity index (χ0v) is 23.0. The lowest BCUT2D eigenvalue weighted by atomic mass is 9.88. The Kier molecular flexibility index (Phi) is 8.66. The molecule has 0 amide bonds. The third-order valence-electron chi connectivity index (χ3n) is 8.24. The summed E-state index contributed by atoms with van der Waals surface area (Å²) in [4.78, 5) is 19.5. The van der Waals surface area contributed by atoms with E-state index in [0.29, 0.717) is 13.2 Å². The summed E-state index contributed by atoms with van der Waals surface area (Å²) in [6, 6.07) is 11.6. The fourth-order valence-corrected chi connectivity index (χ4v) is 6.27. The minimum Gasteiger partial charge on any atom is -0.480 e. The lowest BCUT2D eigenvalue weighted by Crippen LogP contribution is -2.36. The molecule has 7 heteroatoms. The van der Waals surface area contributed by atoms with E-state index in [0.717, 1.165) is 87.7 Å². The highest BCUT2D eigenvalue weighted by Crippen LogP contribution is 2.40. The van der Waals surface area contributed by atoms with Crippen molar-refractivity contribution < 1.29 is 19.4 Å². The number of ether oxygens (including phenoxy) is 2. The lowest BCUT2D eigenvalue weighted by Gasteiger charge is -2.38. The van der Waals surface area contributed by atoms with Gasteiger partial charge in [-0.25, -0.2) is 0 Å². The molecule has 3 aliphatic heterocycles. The highest BCUT2D eigenvalue weighted by atomic mass is 16.5. The molecule has 4 heterocycles. The van der Waals surface area contributed by atoms with Gasteiger partial charge in [0.2, 0.25) is 0 Å². The van der Waals surface area contributed by atoms with Gasteiger partial charge in [0.15, 0.2) is 0 Å². The Balaban J connectivity index is 1.13. The minimum atomic E-state index is -0.805. The first-order valence-electron chi connectivity index (χ1n) is 14.5. The number of unbranched alkanes of at least 4 members (excludes halogenated alkanes) is 1. The van der Waals surface area contributed by atoms with Crippen molar-refractivity contribution in [1.82, 2.24) is 9.88 Å². The number of carboxylic acids is 1. The Hall–Kier alpha value is -2.48. The topological polar surface area (TPSA) is 83.9 Å². The van der Waals surface area contributed by atoms with Crippen LogP contribution in [0.1, 0.15) is 93.5 Å². The molecule has 2 aromatic rings. The van der Waals surface area contributed by atoms with Crippen LogP contribution in [0.15, 0.2) is 36.4 Å². The molecule has 206 valence electrons. The summed E-state index contributed by atoms with van der Waals surface area (Å²) in [5.41, 5.74) is 5.23. The molecule has 38 heavy (non-hydrogen) atoms. The van der Waals surface area contributed by atoms with Crippen LogP contribution in [-0.4, -0.2) is 58.9 Å². The van der Waals surface area contributed by atoms with E-state index >= 15 is 0 Å². The van der Waals surface area contributed by atoms with Crippen LogP contribution in [0.5, 0.6) is 0 Å². The number of aryl methyl sites for hydroxylation is 2. The second-order valence-electron chi connectivity index (χ2n) is 11.7. The average molecular weight is 522 g/mol. The number of rotatable bonds is 10. The van der Waals surface area contributed by atoms with Crippen molar-refractivity contribution in [2.45, 2.75) is 95.5 Å². The molecule has 3 atom stereocenters. The fraction of sp³-hybridized carbons (Fsp3) is 0.613. The van der Waals surface area contributed by atoms with E-state index in [1.807, 2.05) is 18.2 Å². The van der Waals surface area contributed by atoms with Crippen molar-refractivity contribution in [3.05, 3.63) is 58.9 Å². The summed E-state index contributed by atoms with van der Waals surface area (Å²) >= 11 is 0. The monoisotopic (exact) mass is 521 g/mol. The molecule has 7 nitrogen and oxygen atoms in total. The van der Waals surface area contributed by atoms with Crippen LogP contribution < -0.4 is 5.32 Å². The van der Waals surface area contributed by atoms with E-state index in [-0.39, 0.29) is 17.8 Å². The van der Waals surface area contributed by atoms with Gasteiger partial charge in [0.1, 0.15) is 6.04 Å². The molecular formula is C31H43N3O4. The van der Waals surface area contributed by atoms with Crippen molar-refractivity contribution in [1.29, 1.82) is 0 Å². The van der Waals surface area contributed by atoms with Gasteiger partial charge < -0.3 is 19.9 Å². The van der Waals surface area contributed by atoms with E-state index in [1.165, 1.54) is 11.4 Å². The third kappa shape index (κ3) is 6.56. The summed E-state index contributed by atoms with van der Waals surface area (Å²) in [5, 5.41) is 13.7. The summed E-state index contributed by atoms with van der Waals surface area (Å²) in [6.45, 7) is 7.35. The highest BCUT2D eigenvalue weighted by Gasteiger charge is 2.37. The van der Waals surface area contributed by atoms with Gasteiger partial charge in [-0.05, 0) is 94.9 Å². The van der Waals surface area contributed by atoms with Crippen LogP contribution >= 0.6 is 0 Å². The number of anilines is 1. The molecule has 0 bridgehead atoms. The third-order valence-corrected chi connectivity index (χ3v) is 8.24. The zero-order chi connectivity index (χ0) is 26.5. The van der Waals surface area contributed by atoms with Crippen molar-refractivity contribution in [3.63, 3.8) is 0 Å².